The number of phenols is 1. The van der Waals surface area contributed by atoms with Gasteiger partial charge in [-0.25, -0.2) is 0 Å². The van der Waals surface area contributed by atoms with Crippen LogP contribution in [0.25, 0.3) is 10.4 Å². The summed E-state index contributed by atoms with van der Waals surface area (Å²) in [5.41, 5.74) is 2.25. The molecule has 198 valence electrons. The number of nitrogens with zero attached hydrogens (tertiary/aromatic N) is 1. The zero-order chi connectivity index (χ0) is 23.7. The highest BCUT2D eigenvalue weighted by atomic mass is 32.1. The number of hydrogen-bond donors (Lipinski definition) is 2. The molecule has 2 aliphatic heterocycles. The minimum atomic E-state index is -0.860. The number of carbonyl (C=O) groups is 3. The average Bonchev–Trinajstić information content (AvgIpc) is 3.60. The number of rotatable bonds is 6. The molecule has 2 N–H and O–H groups in total. The predicted octanol–water partition coefficient (Wildman–Crippen LogP) is 3.89. The van der Waals surface area contributed by atoms with Gasteiger partial charge in [0.2, 0.25) is 5.91 Å². The summed E-state index contributed by atoms with van der Waals surface area (Å²) in [6.07, 6.45) is 0.569. The summed E-state index contributed by atoms with van der Waals surface area (Å²) in [6.45, 7) is 0.433. The molecule has 2 amide bonds. The Morgan fingerprint density at radius 3 is 2.43 bits per heavy atom. The second kappa shape index (κ2) is 13.1. The highest BCUT2D eigenvalue weighted by Crippen LogP contribution is 2.28. The van der Waals surface area contributed by atoms with E-state index in [1.807, 2.05) is 29.6 Å². The highest BCUT2D eigenvalue weighted by Gasteiger charge is 2.48. The summed E-state index contributed by atoms with van der Waals surface area (Å²) in [5.74, 6) is -0.644. The molecule has 0 spiro atoms. The quantitative estimate of drug-likeness (QED) is 0.477. The van der Waals surface area contributed by atoms with Crippen LogP contribution in [0.5, 0.6) is 5.75 Å². The molecule has 0 aliphatic carbocycles. The Labute approximate surface area is 234 Å². The molecule has 0 bridgehead atoms. The normalized spacial score (nSPS) is 18.6. The number of thiophene rings is 1. The second-order valence-corrected chi connectivity index (χ2v) is 9.48. The third-order valence-electron chi connectivity index (χ3n) is 6.33. The lowest BCUT2D eigenvalue weighted by Gasteiger charge is -2.27. The van der Waals surface area contributed by atoms with Gasteiger partial charge in [-0.15, -0.1) is 11.3 Å². The van der Waals surface area contributed by atoms with Crippen LogP contribution in [-0.4, -0.2) is 58.9 Å². The Balaban J connectivity index is 0.00000160. The number of aromatic hydroxyl groups is 1. The van der Waals surface area contributed by atoms with Gasteiger partial charge in [0.1, 0.15) is 24.4 Å². The zero-order valence-corrected chi connectivity index (χ0v) is 22.2. The van der Waals surface area contributed by atoms with E-state index in [9.17, 15) is 19.5 Å². The maximum atomic E-state index is 13.5. The molecule has 2 fully saturated rings. The summed E-state index contributed by atoms with van der Waals surface area (Å²) in [5, 5.41) is 14.5. The Bertz CT molecular complexity index is 1200. The smallest absolute Gasteiger partial charge is 0.251 e. The van der Waals surface area contributed by atoms with E-state index < -0.39 is 12.1 Å². The Morgan fingerprint density at radius 2 is 1.78 bits per heavy atom. The summed E-state index contributed by atoms with van der Waals surface area (Å²) < 4.78 is 5.52. The van der Waals surface area contributed by atoms with Gasteiger partial charge in [-0.05, 0) is 53.3 Å². The van der Waals surface area contributed by atoms with E-state index in [0.717, 1.165) is 16.0 Å². The third kappa shape index (κ3) is 6.56. The van der Waals surface area contributed by atoms with E-state index in [2.05, 4.69) is 5.32 Å². The van der Waals surface area contributed by atoms with E-state index in [1.165, 1.54) is 0 Å². The van der Waals surface area contributed by atoms with E-state index in [1.54, 1.807) is 52.6 Å². The van der Waals surface area contributed by atoms with Crippen LogP contribution in [0.1, 0.15) is 29.8 Å². The largest absolute Gasteiger partial charge is 0.508 e. The molecule has 5 rings (SSSR count). The van der Waals surface area contributed by atoms with E-state index in [0.29, 0.717) is 18.5 Å². The lowest BCUT2D eigenvalue weighted by Crippen LogP contribution is -2.53. The molecule has 2 saturated heterocycles. The van der Waals surface area contributed by atoms with Crippen molar-refractivity contribution in [3.63, 3.8) is 0 Å². The average molecular weight is 561 g/mol. The fraction of sp³-hybridized carbons (Fsp3) is 0.296. The summed E-state index contributed by atoms with van der Waals surface area (Å²) >= 11 is 1.62. The van der Waals surface area contributed by atoms with Crippen molar-refractivity contribution in [3.8, 4) is 16.2 Å². The molecule has 1 aromatic heterocycles. The first kappa shape index (κ1) is 30.4. The number of Topliss-reactive ketones (excluding diaryl/α,β-unsaturated/α-hetero) is 1. The Kier molecular flexibility index (Phi) is 10.8. The number of phenolic OH excluding ortho intramolecular Hbond substituents is 1. The molecule has 2 aliphatic rings. The number of benzene rings is 2. The number of ether oxygens (including phenoxy) is 1. The first-order valence-corrected chi connectivity index (χ1v) is 12.0. The summed E-state index contributed by atoms with van der Waals surface area (Å²) in [4.78, 5) is 41.6. The van der Waals surface area contributed by atoms with Crippen molar-refractivity contribution in [2.45, 2.75) is 38.5 Å². The van der Waals surface area contributed by atoms with Gasteiger partial charge in [-0.2, -0.15) is 27.0 Å². The van der Waals surface area contributed by atoms with Crippen molar-refractivity contribution >= 4 is 55.9 Å². The van der Waals surface area contributed by atoms with Crippen LogP contribution in [0.15, 0.2) is 66.0 Å². The number of hydrogen-bond acceptors (Lipinski definition) is 6. The number of fused-ring (bicyclic) bond motifs is 1. The fourth-order valence-electron chi connectivity index (χ4n) is 4.58. The molecule has 10 heteroatoms. The van der Waals surface area contributed by atoms with Gasteiger partial charge >= 0.3 is 0 Å². The van der Waals surface area contributed by atoms with Crippen molar-refractivity contribution in [1.82, 2.24) is 10.2 Å². The van der Waals surface area contributed by atoms with Gasteiger partial charge in [0.15, 0.2) is 5.78 Å². The van der Waals surface area contributed by atoms with Crippen LogP contribution in [0.2, 0.25) is 0 Å². The van der Waals surface area contributed by atoms with Gasteiger partial charge < -0.3 is 20.1 Å². The molecule has 7 nitrogen and oxygen atoms in total. The molecule has 3 atom stereocenters. The number of amides is 2. The monoisotopic (exact) mass is 560 g/mol. The zero-order valence-electron chi connectivity index (χ0n) is 19.3. The van der Waals surface area contributed by atoms with Crippen molar-refractivity contribution < 1.29 is 24.2 Å². The summed E-state index contributed by atoms with van der Waals surface area (Å²) in [7, 11) is 0. The van der Waals surface area contributed by atoms with E-state index in [4.69, 9.17) is 4.74 Å². The molecule has 0 radical (unpaired) electrons. The van der Waals surface area contributed by atoms with Crippen LogP contribution >= 0.6 is 38.3 Å². The maximum absolute atomic E-state index is 13.5. The highest BCUT2D eigenvalue weighted by molar-refractivity contribution is 7.59. The SMILES string of the molecule is C.O=C(N[C@@H](Cc1ccc(O)cc1)C(=O)N1CC[C@H]2OCC(=O)[C@H]21)c1ccc(-c2cccs2)cc1.S.S. The van der Waals surface area contributed by atoms with Gasteiger partial charge in [0, 0.05) is 23.4 Å². The summed E-state index contributed by atoms with van der Waals surface area (Å²) in [6, 6.07) is 16.3. The fourth-order valence-corrected chi connectivity index (χ4v) is 5.31. The van der Waals surface area contributed by atoms with Crippen molar-refractivity contribution in [2.75, 3.05) is 13.2 Å². The minimum absolute atomic E-state index is 0. The Hall–Kier alpha value is -2.79. The first-order valence-electron chi connectivity index (χ1n) is 11.2. The van der Waals surface area contributed by atoms with Gasteiger partial charge in [0.05, 0.1) is 6.10 Å². The van der Waals surface area contributed by atoms with Gasteiger partial charge in [-0.3, -0.25) is 14.4 Å². The van der Waals surface area contributed by atoms with Crippen LogP contribution in [0, 0.1) is 0 Å². The Morgan fingerprint density at radius 1 is 1.08 bits per heavy atom. The minimum Gasteiger partial charge on any atom is -0.508 e. The molecule has 3 heterocycles. The molecule has 3 aromatic rings. The lowest BCUT2D eigenvalue weighted by atomic mass is 10.0. The van der Waals surface area contributed by atoms with Gasteiger partial charge in [-0.1, -0.05) is 37.8 Å². The maximum Gasteiger partial charge on any atom is 0.251 e. The standard InChI is InChI=1S/C26H24N2O5S.CH4.2H2S/c29-19-9-3-16(4-10-19)14-20(26(32)28-12-11-22-24(28)21(30)15-33-22)27-25(31)18-7-5-17(6-8-18)23-2-1-13-34-23;;;/h1-10,13,20,22,24,29H,11-12,14-15H2,(H,27,31);1H4;2*1H2/t20-,22+,24+;;;/m0.../s1. The molecule has 0 unspecified atom stereocenters. The number of nitrogens with one attached hydrogen (secondary N) is 1. The predicted molar refractivity (Wildman–Crippen MR) is 155 cm³/mol. The number of likely N-dealkylation sites (tertiary alicyclic amines) is 1. The van der Waals surface area contributed by atoms with E-state index >= 15 is 0 Å². The van der Waals surface area contributed by atoms with Crippen LogP contribution in [-0.2, 0) is 20.7 Å². The van der Waals surface area contributed by atoms with Crippen molar-refractivity contribution in [1.29, 1.82) is 0 Å². The van der Waals surface area contributed by atoms with E-state index in [-0.39, 0.29) is 76.9 Å². The molecular formula is C27H32N2O5S3. The van der Waals surface area contributed by atoms with Crippen molar-refractivity contribution in [2.24, 2.45) is 0 Å². The van der Waals surface area contributed by atoms with Crippen LogP contribution < -0.4 is 5.32 Å². The van der Waals surface area contributed by atoms with Crippen molar-refractivity contribution in [3.05, 3.63) is 77.2 Å². The van der Waals surface area contributed by atoms with Gasteiger partial charge in [0.25, 0.3) is 5.91 Å². The third-order valence-corrected chi connectivity index (χ3v) is 7.25. The molecule has 0 saturated carbocycles. The molecular weight excluding hydrogens is 529 g/mol. The second-order valence-electron chi connectivity index (χ2n) is 8.53. The molecule has 37 heavy (non-hydrogen) atoms. The first-order chi connectivity index (χ1) is 16.5. The van der Waals surface area contributed by atoms with Crippen LogP contribution in [0.4, 0.5) is 0 Å². The van der Waals surface area contributed by atoms with Crippen LogP contribution in [0.3, 0.4) is 0 Å². The topological polar surface area (TPSA) is 95.9 Å². The number of carbonyl (C=O) groups excluding carboxylic acids is 3. The number of ketones is 1. The lowest BCUT2D eigenvalue weighted by molar-refractivity contribution is -0.138. The molecule has 2 aromatic carbocycles.